The van der Waals surface area contributed by atoms with Gasteiger partial charge in [0.15, 0.2) is 5.78 Å². The van der Waals surface area contributed by atoms with Gasteiger partial charge in [-0.05, 0) is 44.2 Å². The Balaban J connectivity index is 1.69. The van der Waals surface area contributed by atoms with Gasteiger partial charge in [-0.2, -0.15) is 0 Å². The molecule has 3 saturated heterocycles. The molecule has 0 radical (unpaired) electrons. The minimum absolute atomic E-state index is 0.0444. The zero-order valence-electron chi connectivity index (χ0n) is 17.1. The first kappa shape index (κ1) is 18.9. The van der Waals surface area contributed by atoms with Crippen LogP contribution in [0.25, 0.3) is 0 Å². The molecular formula is C22H28N2O5. The van der Waals surface area contributed by atoms with Crippen LogP contribution in [-0.2, 0) is 9.53 Å². The Labute approximate surface area is 170 Å². The first-order valence-electron chi connectivity index (χ1n) is 10.4. The van der Waals surface area contributed by atoms with Crippen LogP contribution in [0.4, 0.5) is 5.69 Å². The standard InChI is InChI=1S/C22H28N2O5/c1-12(25)16-8-13-10-21(20(27)29-3)18(16)24(11-13)7-6-22(21)19(26)15-5-4-14(28-2)9-17(15)23-22/h4-5,9,12-13,16,18,23,25H,6-8,10-11H2,1-3H3. The van der Waals surface area contributed by atoms with Gasteiger partial charge < -0.3 is 19.9 Å². The van der Waals surface area contributed by atoms with Crippen molar-refractivity contribution in [3.8, 4) is 5.75 Å². The SMILES string of the molecule is COC(=O)C12CC3CC(C(C)O)C1N(CCC21Nc2cc(OC)ccc2C1=O)C3. The number of carbonyl (C=O) groups is 2. The molecule has 6 rings (SSSR count). The van der Waals surface area contributed by atoms with Gasteiger partial charge in [0.25, 0.3) is 0 Å². The lowest BCUT2D eigenvalue weighted by atomic mass is 9.47. The third-order valence-electron chi connectivity index (χ3n) is 7.92. The van der Waals surface area contributed by atoms with Crippen LogP contribution in [0.15, 0.2) is 18.2 Å². The fraction of sp³-hybridized carbons (Fsp3) is 0.636. The highest BCUT2D eigenvalue weighted by atomic mass is 16.5. The van der Waals surface area contributed by atoms with Crippen molar-refractivity contribution in [2.75, 3.05) is 32.6 Å². The van der Waals surface area contributed by atoms with Gasteiger partial charge in [0.2, 0.25) is 0 Å². The van der Waals surface area contributed by atoms with Crippen molar-refractivity contribution in [3.05, 3.63) is 23.8 Å². The summed E-state index contributed by atoms with van der Waals surface area (Å²) in [5.74, 6) is 0.466. The molecule has 2 N–H and O–H groups in total. The minimum atomic E-state index is -1.05. The van der Waals surface area contributed by atoms with E-state index in [0.29, 0.717) is 36.4 Å². The summed E-state index contributed by atoms with van der Waals surface area (Å²) in [5, 5.41) is 14.1. The molecule has 0 amide bonds. The second kappa shape index (κ2) is 6.19. The number of hydrogen-bond donors (Lipinski definition) is 2. The summed E-state index contributed by atoms with van der Waals surface area (Å²) < 4.78 is 10.7. The zero-order chi connectivity index (χ0) is 20.6. The molecule has 4 fully saturated rings. The quantitative estimate of drug-likeness (QED) is 0.747. The van der Waals surface area contributed by atoms with Crippen LogP contribution < -0.4 is 10.1 Å². The highest BCUT2D eigenvalue weighted by molar-refractivity contribution is 6.16. The summed E-state index contributed by atoms with van der Waals surface area (Å²) >= 11 is 0. The molecule has 1 saturated carbocycles. The number of anilines is 1. The Hall–Kier alpha value is -2.12. The van der Waals surface area contributed by atoms with Crippen LogP contribution in [0.3, 0.4) is 0 Å². The summed E-state index contributed by atoms with van der Waals surface area (Å²) in [4.78, 5) is 29.7. The Kier molecular flexibility index (Phi) is 4.03. The van der Waals surface area contributed by atoms with Crippen LogP contribution in [0.5, 0.6) is 5.75 Å². The number of carbonyl (C=O) groups excluding carboxylic acids is 2. The number of piperidine rings is 3. The van der Waals surface area contributed by atoms with Crippen LogP contribution >= 0.6 is 0 Å². The molecule has 1 aliphatic carbocycles. The molecule has 1 aromatic rings. The number of aliphatic hydroxyl groups is 1. The number of ketones is 1. The summed E-state index contributed by atoms with van der Waals surface area (Å²) in [6.45, 7) is 3.42. The van der Waals surface area contributed by atoms with E-state index in [1.165, 1.54) is 7.11 Å². The molecule has 156 valence electrons. The van der Waals surface area contributed by atoms with E-state index < -0.39 is 17.1 Å². The lowest BCUT2D eigenvalue weighted by molar-refractivity contribution is -0.200. The smallest absolute Gasteiger partial charge is 0.316 e. The number of benzene rings is 1. The first-order valence-corrected chi connectivity index (χ1v) is 10.4. The molecular weight excluding hydrogens is 372 g/mol. The van der Waals surface area contributed by atoms with Gasteiger partial charge in [-0.15, -0.1) is 0 Å². The van der Waals surface area contributed by atoms with Crippen molar-refractivity contribution in [2.45, 2.75) is 43.9 Å². The molecule has 0 aromatic heterocycles. The Morgan fingerprint density at radius 1 is 1.38 bits per heavy atom. The van der Waals surface area contributed by atoms with E-state index >= 15 is 0 Å². The zero-order valence-corrected chi connectivity index (χ0v) is 17.1. The maximum absolute atomic E-state index is 13.9. The molecule has 4 bridgehead atoms. The number of rotatable bonds is 3. The van der Waals surface area contributed by atoms with Crippen molar-refractivity contribution < 1.29 is 24.2 Å². The molecule has 7 unspecified atom stereocenters. The highest BCUT2D eigenvalue weighted by Crippen LogP contribution is 2.62. The number of hydrogen-bond acceptors (Lipinski definition) is 7. The van der Waals surface area contributed by atoms with E-state index in [1.807, 2.05) is 6.07 Å². The first-order chi connectivity index (χ1) is 13.9. The molecule has 7 nitrogen and oxygen atoms in total. The minimum Gasteiger partial charge on any atom is -0.497 e. The predicted octanol–water partition coefficient (Wildman–Crippen LogP) is 1.70. The van der Waals surface area contributed by atoms with E-state index in [1.54, 1.807) is 26.2 Å². The second-order valence-electron chi connectivity index (χ2n) is 9.13. The van der Waals surface area contributed by atoms with Gasteiger partial charge in [0.05, 0.1) is 20.3 Å². The maximum Gasteiger partial charge on any atom is 0.316 e. The molecule has 1 aromatic carbocycles. The van der Waals surface area contributed by atoms with E-state index in [-0.39, 0.29) is 29.6 Å². The van der Waals surface area contributed by atoms with Crippen molar-refractivity contribution in [2.24, 2.45) is 17.3 Å². The van der Waals surface area contributed by atoms with E-state index in [4.69, 9.17) is 9.47 Å². The number of nitrogens with zero attached hydrogens (tertiary/aromatic N) is 1. The van der Waals surface area contributed by atoms with E-state index in [9.17, 15) is 14.7 Å². The molecule has 7 heteroatoms. The van der Waals surface area contributed by atoms with E-state index in [2.05, 4.69) is 10.2 Å². The monoisotopic (exact) mass is 400 g/mol. The van der Waals surface area contributed by atoms with Crippen molar-refractivity contribution >= 4 is 17.4 Å². The fourth-order valence-electron chi connectivity index (χ4n) is 6.88. The number of nitrogens with one attached hydrogen (secondary N) is 1. The molecule has 29 heavy (non-hydrogen) atoms. The number of esters is 1. The topological polar surface area (TPSA) is 88.1 Å². The number of methoxy groups -OCH3 is 2. The summed E-state index contributed by atoms with van der Waals surface area (Å²) in [6.07, 6.45) is 1.47. The third-order valence-corrected chi connectivity index (χ3v) is 7.92. The van der Waals surface area contributed by atoms with Crippen molar-refractivity contribution in [1.82, 2.24) is 4.90 Å². The average Bonchev–Trinajstić information content (AvgIpc) is 3.02. The summed E-state index contributed by atoms with van der Waals surface area (Å²) in [5.41, 5.74) is -0.771. The number of ether oxygens (including phenoxy) is 2. The maximum atomic E-state index is 13.9. The molecule has 4 heterocycles. The largest absolute Gasteiger partial charge is 0.497 e. The second-order valence-corrected chi connectivity index (χ2v) is 9.13. The predicted molar refractivity (Wildman–Crippen MR) is 106 cm³/mol. The summed E-state index contributed by atoms with van der Waals surface area (Å²) in [6, 6.07) is 5.17. The normalized spacial score (nSPS) is 40.3. The van der Waals surface area contributed by atoms with Crippen molar-refractivity contribution in [3.63, 3.8) is 0 Å². The molecule has 7 atom stereocenters. The highest BCUT2D eigenvalue weighted by Gasteiger charge is 2.75. The van der Waals surface area contributed by atoms with Gasteiger partial charge >= 0.3 is 5.97 Å². The molecule has 5 aliphatic rings. The van der Waals surface area contributed by atoms with Gasteiger partial charge in [-0.3, -0.25) is 14.5 Å². The van der Waals surface area contributed by atoms with Gasteiger partial charge in [-0.1, -0.05) is 0 Å². The van der Waals surface area contributed by atoms with Crippen molar-refractivity contribution in [1.29, 1.82) is 0 Å². The van der Waals surface area contributed by atoms with Crippen LogP contribution in [-0.4, -0.2) is 66.8 Å². The molecule has 1 spiro atoms. The lowest BCUT2D eigenvalue weighted by Crippen LogP contribution is -2.80. The average molecular weight is 400 g/mol. The number of aliphatic hydroxyl groups excluding tert-OH is 1. The lowest BCUT2D eigenvalue weighted by Gasteiger charge is -2.67. The Morgan fingerprint density at radius 3 is 2.86 bits per heavy atom. The number of Topliss-reactive ketones (excluding diaryl/α,β-unsaturated/α-hetero) is 1. The van der Waals surface area contributed by atoms with Gasteiger partial charge in [-0.25, -0.2) is 0 Å². The molecule has 4 aliphatic heterocycles. The summed E-state index contributed by atoms with van der Waals surface area (Å²) in [7, 11) is 3.00. The van der Waals surface area contributed by atoms with Crippen LogP contribution in [0.2, 0.25) is 0 Å². The van der Waals surface area contributed by atoms with Gasteiger partial charge in [0.1, 0.15) is 16.7 Å². The third kappa shape index (κ3) is 2.20. The van der Waals surface area contributed by atoms with Gasteiger partial charge in [0, 0.05) is 42.4 Å². The van der Waals surface area contributed by atoms with E-state index in [0.717, 1.165) is 13.0 Å². The van der Waals surface area contributed by atoms with Crippen LogP contribution in [0.1, 0.15) is 36.5 Å². The fourth-order valence-corrected chi connectivity index (χ4v) is 6.88. The Bertz CT molecular complexity index is 886. The number of fused-ring (bicyclic) bond motifs is 2. The van der Waals surface area contributed by atoms with Crippen LogP contribution in [0, 0.1) is 17.3 Å². The Morgan fingerprint density at radius 2 is 2.17 bits per heavy atom.